The van der Waals surface area contributed by atoms with Gasteiger partial charge in [-0.05, 0) is 48.4 Å². The standard InChI is InChI=1S/C28H39N3O4/c1-4-5-11-22(17-21-12-14-23(32)15-13-21)26(33)31-28(35)25(18-20-9-7-6-8-10-20)30-27(34)24(29)16-19(2)3/h6-10,12-15,19,22,24-25,32H,4-5,11,16-18,29H2,1-3H3,(H,30,34)(H,31,33,35)/t22?,24-,25-/m0/s1. The van der Waals surface area contributed by atoms with Gasteiger partial charge in [0.05, 0.1) is 6.04 Å². The maximum atomic E-state index is 13.2. The van der Waals surface area contributed by atoms with Crippen LogP contribution in [0, 0.1) is 11.8 Å². The largest absolute Gasteiger partial charge is 0.508 e. The molecule has 7 nitrogen and oxygen atoms in total. The number of hydrogen-bond acceptors (Lipinski definition) is 5. The summed E-state index contributed by atoms with van der Waals surface area (Å²) in [7, 11) is 0. The third kappa shape index (κ3) is 9.91. The van der Waals surface area contributed by atoms with Crippen LogP contribution in [-0.2, 0) is 27.2 Å². The first kappa shape index (κ1) is 28.1. The van der Waals surface area contributed by atoms with Crippen molar-refractivity contribution in [2.24, 2.45) is 17.6 Å². The first-order valence-electron chi connectivity index (χ1n) is 12.4. The summed E-state index contributed by atoms with van der Waals surface area (Å²) in [6, 6.07) is 14.4. The van der Waals surface area contributed by atoms with Crippen LogP contribution in [0.15, 0.2) is 54.6 Å². The van der Waals surface area contributed by atoms with E-state index >= 15 is 0 Å². The number of carbonyl (C=O) groups is 3. The predicted octanol–water partition coefficient (Wildman–Crippen LogP) is 3.48. The van der Waals surface area contributed by atoms with E-state index in [0.29, 0.717) is 19.3 Å². The molecule has 7 heteroatoms. The van der Waals surface area contributed by atoms with Gasteiger partial charge in [-0.2, -0.15) is 0 Å². The van der Waals surface area contributed by atoms with Crippen molar-refractivity contribution in [3.8, 4) is 5.75 Å². The highest BCUT2D eigenvalue weighted by atomic mass is 16.3. The molecule has 1 unspecified atom stereocenters. The van der Waals surface area contributed by atoms with E-state index < -0.39 is 29.8 Å². The van der Waals surface area contributed by atoms with Gasteiger partial charge < -0.3 is 16.2 Å². The summed E-state index contributed by atoms with van der Waals surface area (Å²) < 4.78 is 0. The summed E-state index contributed by atoms with van der Waals surface area (Å²) in [6.45, 7) is 6.00. The average Bonchev–Trinajstić information content (AvgIpc) is 2.82. The number of phenolic OH excluding ortho intramolecular Hbond substituents is 1. The van der Waals surface area contributed by atoms with Crippen LogP contribution in [0.25, 0.3) is 0 Å². The molecule has 2 aromatic rings. The van der Waals surface area contributed by atoms with Gasteiger partial charge in [0.1, 0.15) is 11.8 Å². The lowest BCUT2D eigenvalue weighted by molar-refractivity contribution is -0.136. The first-order chi connectivity index (χ1) is 16.7. The van der Waals surface area contributed by atoms with Crippen LogP contribution in [0.3, 0.4) is 0 Å². The lowest BCUT2D eigenvalue weighted by Gasteiger charge is -2.23. The molecule has 3 amide bonds. The monoisotopic (exact) mass is 481 g/mol. The van der Waals surface area contributed by atoms with Crippen LogP contribution in [0.2, 0.25) is 0 Å². The number of unbranched alkanes of at least 4 members (excludes halogenated alkanes) is 1. The average molecular weight is 482 g/mol. The summed E-state index contributed by atoms with van der Waals surface area (Å²) in [5.41, 5.74) is 7.80. The van der Waals surface area contributed by atoms with Gasteiger partial charge in [0.2, 0.25) is 17.7 Å². The maximum Gasteiger partial charge on any atom is 0.249 e. The number of benzene rings is 2. The molecule has 0 saturated heterocycles. The quantitative estimate of drug-likeness (QED) is 0.349. The normalized spacial score (nSPS) is 13.6. The van der Waals surface area contributed by atoms with Crippen molar-refractivity contribution in [2.45, 2.75) is 71.4 Å². The van der Waals surface area contributed by atoms with Crippen LogP contribution in [-0.4, -0.2) is 34.9 Å². The molecule has 190 valence electrons. The van der Waals surface area contributed by atoms with Crippen LogP contribution < -0.4 is 16.4 Å². The van der Waals surface area contributed by atoms with Gasteiger partial charge in [-0.3, -0.25) is 19.7 Å². The van der Waals surface area contributed by atoms with Crippen molar-refractivity contribution in [3.63, 3.8) is 0 Å². The molecule has 0 aliphatic rings. The summed E-state index contributed by atoms with van der Waals surface area (Å²) >= 11 is 0. The Bertz CT molecular complexity index is 944. The van der Waals surface area contributed by atoms with Gasteiger partial charge in [-0.25, -0.2) is 0 Å². The zero-order valence-electron chi connectivity index (χ0n) is 21.0. The fraction of sp³-hybridized carbons (Fsp3) is 0.464. The minimum Gasteiger partial charge on any atom is -0.508 e. The Hall–Kier alpha value is -3.19. The van der Waals surface area contributed by atoms with E-state index in [-0.39, 0.29) is 24.0 Å². The summed E-state index contributed by atoms with van der Waals surface area (Å²) in [5.74, 6) is -1.33. The molecule has 0 aliphatic carbocycles. The van der Waals surface area contributed by atoms with E-state index in [0.717, 1.165) is 24.0 Å². The van der Waals surface area contributed by atoms with E-state index in [4.69, 9.17) is 5.73 Å². The molecule has 0 bridgehead atoms. The third-order valence-corrected chi connectivity index (χ3v) is 5.92. The molecule has 35 heavy (non-hydrogen) atoms. The highest BCUT2D eigenvalue weighted by molar-refractivity contribution is 6.00. The van der Waals surface area contributed by atoms with Crippen molar-refractivity contribution < 1.29 is 19.5 Å². The number of carbonyl (C=O) groups excluding carboxylic acids is 3. The van der Waals surface area contributed by atoms with Crippen molar-refractivity contribution in [2.75, 3.05) is 0 Å². The predicted molar refractivity (Wildman–Crippen MR) is 137 cm³/mol. The minimum atomic E-state index is -0.924. The second-order valence-corrected chi connectivity index (χ2v) is 9.55. The van der Waals surface area contributed by atoms with Crippen molar-refractivity contribution >= 4 is 17.7 Å². The SMILES string of the molecule is CCCCC(Cc1ccc(O)cc1)C(=O)NC(=O)[C@H](Cc1ccccc1)NC(=O)[C@@H](N)CC(C)C. The molecule has 0 spiro atoms. The summed E-state index contributed by atoms with van der Waals surface area (Å²) in [5, 5.41) is 14.8. The van der Waals surface area contributed by atoms with E-state index in [1.807, 2.05) is 51.1 Å². The van der Waals surface area contributed by atoms with E-state index in [1.54, 1.807) is 24.3 Å². The number of aromatic hydroxyl groups is 1. The molecule has 0 heterocycles. The van der Waals surface area contributed by atoms with E-state index in [9.17, 15) is 19.5 Å². The lowest BCUT2D eigenvalue weighted by atomic mass is 9.93. The zero-order valence-corrected chi connectivity index (χ0v) is 21.0. The number of amides is 3. The van der Waals surface area contributed by atoms with Gasteiger partial charge >= 0.3 is 0 Å². The lowest BCUT2D eigenvalue weighted by Crippen LogP contribution is -2.54. The smallest absolute Gasteiger partial charge is 0.249 e. The van der Waals surface area contributed by atoms with Crippen LogP contribution in [0.4, 0.5) is 0 Å². The molecule has 0 saturated carbocycles. The molecule has 5 N–H and O–H groups in total. The molecule has 0 aromatic heterocycles. The minimum absolute atomic E-state index is 0.161. The fourth-order valence-corrected chi connectivity index (χ4v) is 3.96. The number of nitrogens with two attached hydrogens (primary N) is 1. The second kappa shape index (κ2) is 14.3. The van der Waals surface area contributed by atoms with Crippen molar-refractivity contribution in [1.82, 2.24) is 10.6 Å². The van der Waals surface area contributed by atoms with Gasteiger partial charge in [0.25, 0.3) is 0 Å². The third-order valence-electron chi connectivity index (χ3n) is 5.92. The first-order valence-corrected chi connectivity index (χ1v) is 12.4. The maximum absolute atomic E-state index is 13.2. The van der Waals surface area contributed by atoms with Crippen molar-refractivity contribution in [1.29, 1.82) is 0 Å². The molecule has 3 atom stereocenters. The Kier molecular flexibility index (Phi) is 11.4. The highest BCUT2D eigenvalue weighted by Gasteiger charge is 2.28. The molecule has 2 rings (SSSR count). The van der Waals surface area contributed by atoms with Crippen LogP contribution in [0.1, 0.15) is 57.6 Å². The number of phenols is 1. The zero-order chi connectivity index (χ0) is 25.8. The number of hydrogen-bond donors (Lipinski definition) is 4. The Morgan fingerprint density at radius 1 is 0.886 bits per heavy atom. The Labute approximate surface area is 208 Å². The van der Waals surface area contributed by atoms with Crippen LogP contribution >= 0.6 is 0 Å². The number of rotatable bonds is 13. The fourth-order valence-electron chi connectivity index (χ4n) is 3.96. The topological polar surface area (TPSA) is 122 Å². The second-order valence-electron chi connectivity index (χ2n) is 9.55. The van der Waals surface area contributed by atoms with E-state index in [1.165, 1.54) is 0 Å². The van der Waals surface area contributed by atoms with Gasteiger partial charge in [0, 0.05) is 12.3 Å². The van der Waals surface area contributed by atoms with Gasteiger partial charge in [0.15, 0.2) is 0 Å². The summed E-state index contributed by atoms with van der Waals surface area (Å²) in [6.07, 6.45) is 3.60. The van der Waals surface area contributed by atoms with Gasteiger partial charge in [-0.1, -0.05) is 76.1 Å². The molecule has 2 aromatic carbocycles. The summed E-state index contributed by atoms with van der Waals surface area (Å²) in [4.78, 5) is 39.0. The van der Waals surface area contributed by atoms with Crippen molar-refractivity contribution in [3.05, 3.63) is 65.7 Å². The molecule has 0 radical (unpaired) electrons. The highest BCUT2D eigenvalue weighted by Crippen LogP contribution is 2.18. The molecule has 0 fully saturated rings. The molecular formula is C28H39N3O4. The number of imide groups is 1. The Morgan fingerprint density at radius 2 is 1.51 bits per heavy atom. The molecular weight excluding hydrogens is 442 g/mol. The number of nitrogens with one attached hydrogen (secondary N) is 2. The Balaban J connectivity index is 2.14. The Morgan fingerprint density at radius 3 is 2.11 bits per heavy atom. The van der Waals surface area contributed by atoms with E-state index in [2.05, 4.69) is 10.6 Å². The van der Waals surface area contributed by atoms with Gasteiger partial charge in [-0.15, -0.1) is 0 Å². The van der Waals surface area contributed by atoms with Crippen LogP contribution in [0.5, 0.6) is 5.75 Å². The molecule has 0 aliphatic heterocycles.